The smallest absolute Gasteiger partial charge is 0.140 e. The quantitative estimate of drug-likeness (QED) is 0.861. The fourth-order valence-corrected chi connectivity index (χ4v) is 1.64. The van der Waals surface area contributed by atoms with Crippen LogP contribution in [0.2, 0.25) is 0 Å². The Labute approximate surface area is 94.3 Å². The van der Waals surface area contributed by atoms with Gasteiger partial charge < -0.3 is 14.3 Å². The van der Waals surface area contributed by atoms with Crippen molar-refractivity contribution in [3.8, 4) is 5.75 Å². The number of benzene rings is 1. The minimum absolute atomic E-state index is 0.516. The maximum absolute atomic E-state index is 10.1. The molecule has 0 fully saturated rings. The highest BCUT2D eigenvalue weighted by molar-refractivity contribution is 5.41. The monoisotopic (exact) mass is 218 g/mol. The summed E-state index contributed by atoms with van der Waals surface area (Å²) >= 11 is 0. The van der Waals surface area contributed by atoms with Gasteiger partial charge in [0.1, 0.15) is 17.6 Å². The van der Waals surface area contributed by atoms with Gasteiger partial charge in [0.2, 0.25) is 0 Å². The molecule has 0 saturated carbocycles. The number of hydrogen-bond donors (Lipinski definition) is 1. The minimum Gasteiger partial charge on any atom is -0.496 e. The lowest BCUT2D eigenvalue weighted by atomic mass is 10.0. The van der Waals surface area contributed by atoms with Crippen LogP contribution in [0, 0.1) is 6.92 Å². The first-order chi connectivity index (χ1) is 7.72. The number of aryl methyl sites for hydroxylation is 1. The number of aliphatic hydroxyl groups excluding tert-OH is 1. The second kappa shape index (κ2) is 4.41. The van der Waals surface area contributed by atoms with E-state index in [-0.39, 0.29) is 0 Å². The summed E-state index contributed by atoms with van der Waals surface area (Å²) in [5.74, 6) is 1.19. The van der Waals surface area contributed by atoms with Crippen LogP contribution in [0.15, 0.2) is 41.0 Å². The summed E-state index contributed by atoms with van der Waals surface area (Å²) in [6.07, 6.45) is 0.754. The molecule has 1 aromatic carbocycles. The topological polar surface area (TPSA) is 42.6 Å². The number of methoxy groups -OCH3 is 1. The number of furan rings is 1. The predicted molar refractivity (Wildman–Crippen MR) is 60.5 cm³/mol. The zero-order chi connectivity index (χ0) is 11.5. The zero-order valence-electron chi connectivity index (χ0n) is 9.31. The van der Waals surface area contributed by atoms with Crippen molar-refractivity contribution in [3.05, 3.63) is 53.5 Å². The molecular formula is C13H14O3. The molecule has 1 heterocycles. The molecule has 84 valence electrons. The van der Waals surface area contributed by atoms with Gasteiger partial charge in [0, 0.05) is 5.56 Å². The van der Waals surface area contributed by atoms with Gasteiger partial charge in [-0.3, -0.25) is 0 Å². The van der Waals surface area contributed by atoms with Gasteiger partial charge in [-0.15, -0.1) is 0 Å². The molecule has 0 aliphatic rings. The molecule has 3 heteroatoms. The van der Waals surface area contributed by atoms with E-state index in [2.05, 4.69) is 0 Å². The van der Waals surface area contributed by atoms with Crippen LogP contribution in [0.25, 0.3) is 0 Å². The third-order valence-electron chi connectivity index (χ3n) is 2.50. The maximum atomic E-state index is 10.1. The first kappa shape index (κ1) is 10.8. The molecule has 3 nitrogen and oxygen atoms in total. The standard InChI is InChI=1S/C13H14O3/c1-9-5-6-10(12(8-9)15-2)13(14)11-4-3-7-16-11/h3-8,13-14H,1-2H3. The second-order valence-electron chi connectivity index (χ2n) is 3.66. The number of rotatable bonds is 3. The van der Waals surface area contributed by atoms with Gasteiger partial charge in [-0.2, -0.15) is 0 Å². The first-order valence-electron chi connectivity index (χ1n) is 5.08. The Morgan fingerprint density at radius 2 is 2.12 bits per heavy atom. The van der Waals surface area contributed by atoms with E-state index in [0.29, 0.717) is 17.1 Å². The number of aliphatic hydroxyl groups is 1. The van der Waals surface area contributed by atoms with E-state index in [0.717, 1.165) is 5.56 Å². The van der Waals surface area contributed by atoms with Gasteiger partial charge in [0.05, 0.1) is 13.4 Å². The Bertz CT molecular complexity index is 460. The Kier molecular flexibility index (Phi) is 2.97. The van der Waals surface area contributed by atoms with Crippen LogP contribution in [0.5, 0.6) is 5.75 Å². The van der Waals surface area contributed by atoms with Crippen molar-refractivity contribution < 1.29 is 14.3 Å². The molecule has 0 spiro atoms. The van der Waals surface area contributed by atoms with E-state index >= 15 is 0 Å². The van der Waals surface area contributed by atoms with E-state index < -0.39 is 6.10 Å². The molecule has 0 aliphatic heterocycles. The molecule has 0 bridgehead atoms. The van der Waals surface area contributed by atoms with Gasteiger partial charge >= 0.3 is 0 Å². The lowest BCUT2D eigenvalue weighted by molar-refractivity contribution is 0.185. The average molecular weight is 218 g/mol. The van der Waals surface area contributed by atoms with Gasteiger partial charge in [-0.1, -0.05) is 12.1 Å². The Balaban J connectivity index is 2.40. The van der Waals surface area contributed by atoms with Gasteiger partial charge in [0.15, 0.2) is 0 Å². The number of hydrogen-bond acceptors (Lipinski definition) is 3. The van der Waals surface area contributed by atoms with E-state index in [4.69, 9.17) is 9.15 Å². The summed E-state index contributed by atoms with van der Waals surface area (Å²) in [7, 11) is 1.59. The first-order valence-corrected chi connectivity index (χ1v) is 5.08. The van der Waals surface area contributed by atoms with Gasteiger partial charge in [0.25, 0.3) is 0 Å². The minimum atomic E-state index is -0.787. The van der Waals surface area contributed by atoms with Crippen molar-refractivity contribution >= 4 is 0 Å². The molecule has 1 unspecified atom stereocenters. The molecule has 2 rings (SSSR count). The summed E-state index contributed by atoms with van der Waals surface area (Å²) in [4.78, 5) is 0. The third-order valence-corrected chi connectivity index (χ3v) is 2.50. The van der Waals surface area contributed by atoms with Crippen molar-refractivity contribution in [1.29, 1.82) is 0 Å². The van der Waals surface area contributed by atoms with Crippen molar-refractivity contribution in [2.75, 3.05) is 7.11 Å². The van der Waals surface area contributed by atoms with Crippen LogP contribution in [-0.4, -0.2) is 12.2 Å². The average Bonchev–Trinajstić information content (AvgIpc) is 2.81. The highest BCUT2D eigenvalue weighted by Crippen LogP contribution is 2.30. The molecule has 16 heavy (non-hydrogen) atoms. The summed E-state index contributed by atoms with van der Waals surface area (Å²) in [5.41, 5.74) is 1.80. The summed E-state index contributed by atoms with van der Waals surface area (Å²) < 4.78 is 10.4. The Hall–Kier alpha value is -1.74. The van der Waals surface area contributed by atoms with Crippen LogP contribution in [0.4, 0.5) is 0 Å². The molecule has 0 radical (unpaired) electrons. The van der Waals surface area contributed by atoms with Gasteiger partial charge in [-0.05, 0) is 30.7 Å². The van der Waals surface area contributed by atoms with Crippen LogP contribution < -0.4 is 4.74 Å². The van der Waals surface area contributed by atoms with Crippen LogP contribution >= 0.6 is 0 Å². The fraction of sp³-hybridized carbons (Fsp3) is 0.231. The molecule has 1 aromatic heterocycles. The predicted octanol–water partition coefficient (Wildman–Crippen LogP) is 2.68. The van der Waals surface area contributed by atoms with E-state index in [9.17, 15) is 5.11 Å². The molecule has 0 aliphatic carbocycles. The SMILES string of the molecule is COc1cc(C)ccc1C(O)c1ccco1. The summed E-state index contributed by atoms with van der Waals surface area (Å²) in [6.45, 7) is 1.98. The second-order valence-corrected chi connectivity index (χ2v) is 3.66. The van der Waals surface area contributed by atoms with Crippen molar-refractivity contribution in [3.63, 3.8) is 0 Å². The van der Waals surface area contributed by atoms with Crippen molar-refractivity contribution in [2.24, 2.45) is 0 Å². The van der Waals surface area contributed by atoms with E-state index in [1.807, 2.05) is 25.1 Å². The molecular weight excluding hydrogens is 204 g/mol. The Morgan fingerprint density at radius 1 is 1.31 bits per heavy atom. The lowest BCUT2D eigenvalue weighted by Crippen LogP contribution is -2.01. The van der Waals surface area contributed by atoms with Crippen LogP contribution in [0.1, 0.15) is 23.0 Å². The summed E-state index contributed by atoms with van der Waals surface area (Å²) in [5, 5.41) is 10.1. The van der Waals surface area contributed by atoms with Gasteiger partial charge in [-0.25, -0.2) is 0 Å². The molecule has 1 N–H and O–H groups in total. The fourth-order valence-electron chi connectivity index (χ4n) is 1.64. The van der Waals surface area contributed by atoms with E-state index in [1.165, 1.54) is 0 Å². The number of ether oxygens (including phenoxy) is 1. The maximum Gasteiger partial charge on any atom is 0.140 e. The zero-order valence-corrected chi connectivity index (χ0v) is 9.31. The van der Waals surface area contributed by atoms with Crippen LogP contribution in [-0.2, 0) is 0 Å². The third kappa shape index (κ3) is 1.95. The molecule has 1 atom stereocenters. The normalized spacial score (nSPS) is 12.4. The molecule has 0 saturated heterocycles. The van der Waals surface area contributed by atoms with Crippen LogP contribution in [0.3, 0.4) is 0 Å². The lowest BCUT2D eigenvalue weighted by Gasteiger charge is -2.13. The Morgan fingerprint density at radius 3 is 2.75 bits per heavy atom. The highest BCUT2D eigenvalue weighted by atomic mass is 16.5. The van der Waals surface area contributed by atoms with Crippen molar-refractivity contribution in [2.45, 2.75) is 13.0 Å². The largest absolute Gasteiger partial charge is 0.496 e. The van der Waals surface area contributed by atoms with Crippen molar-refractivity contribution in [1.82, 2.24) is 0 Å². The molecule has 2 aromatic rings. The summed E-state index contributed by atoms with van der Waals surface area (Å²) in [6, 6.07) is 9.16. The highest BCUT2D eigenvalue weighted by Gasteiger charge is 2.17. The molecule has 0 amide bonds. The van der Waals surface area contributed by atoms with E-state index in [1.54, 1.807) is 25.5 Å².